The number of esters is 1. The van der Waals surface area contributed by atoms with Crippen LogP contribution in [0.25, 0.3) is 10.9 Å². The fourth-order valence-corrected chi connectivity index (χ4v) is 5.13. The molecule has 1 saturated heterocycles. The Bertz CT molecular complexity index is 1210. The zero-order valence-electron chi connectivity index (χ0n) is 22.3. The lowest BCUT2D eigenvalue weighted by atomic mass is 9.94. The highest BCUT2D eigenvalue weighted by molar-refractivity contribution is 6.36. The molecule has 1 unspecified atom stereocenters. The van der Waals surface area contributed by atoms with E-state index < -0.39 is 17.7 Å². The van der Waals surface area contributed by atoms with Gasteiger partial charge in [0.25, 0.3) is 5.91 Å². The molecule has 2 aliphatic rings. The molecule has 1 aliphatic carbocycles. The predicted molar refractivity (Wildman–Crippen MR) is 142 cm³/mol. The van der Waals surface area contributed by atoms with Crippen molar-refractivity contribution in [2.24, 2.45) is 5.92 Å². The SMILES string of the molecule is CC(C)C(=O)OCC1CN(C(=O)c2ccc3c(Cl)c4c(nc3c2)CCCC4)CCN1C(=O)OC(C)(C)C. The maximum Gasteiger partial charge on any atom is 0.410 e. The van der Waals surface area contributed by atoms with Crippen LogP contribution in [0.5, 0.6) is 0 Å². The van der Waals surface area contributed by atoms with E-state index in [0.29, 0.717) is 17.6 Å². The molecule has 2 amide bonds. The minimum Gasteiger partial charge on any atom is -0.463 e. The van der Waals surface area contributed by atoms with Crippen LogP contribution in [0.3, 0.4) is 0 Å². The Morgan fingerprint density at radius 3 is 2.57 bits per heavy atom. The molecule has 2 aromatic rings. The molecular weight excluding hydrogens is 494 g/mol. The summed E-state index contributed by atoms with van der Waals surface area (Å²) in [7, 11) is 0. The number of aromatic nitrogens is 1. The number of aryl methyl sites for hydroxylation is 1. The number of amides is 2. The number of benzene rings is 1. The van der Waals surface area contributed by atoms with Gasteiger partial charge in [-0.15, -0.1) is 0 Å². The van der Waals surface area contributed by atoms with Crippen molar-refractivity contribution >= 4 is 40.5 Å². The Morgan fingerprint density at radius 2 is 1.86 bits per heavy atom. The van der Waals surface area contributed by atoms with Crippen LogP contribution in [-0.4, -0.2) is 70.6 Å². The lowest BCUT2D eigenvalue weighted by Crippen LogP contribution is -2.59. The third kappa shape index (κ3) is 6.17. The Kier molecular flexibility index (Phi) is 7.97. The summed E-state index contributed by atoms with van der Waals surface area (Å²) < 4.78 is 11.0. The standard InChI is InChI=1S/C28H36ClN3O5/c1-17(2)26(34)36-16-19-15-31(12-13-32(19)27(35)37-28(3,4)5)25(33)18-10-11-21-23(14-18)30-22-9-7-6-8-20(22)24(21)29/h10-11,14,17,19H,6-9,12-13,15-16H2,1-5H3. The Balaban J connectivity index is 1.55. The quantitative estimate of drug-likeness (QED) is 0.516. The first-order valence-electron chi connectivity index (χ1n) is 13.0. The van der Waals surface area contributed by atoms with Gasteiger partial charge in [-0.2, -0.15) is 0 Å². The normalized spacial score (nSPS) is 18.1. The highest BCUT2D eigenvalue weighted by atomic mass is 35.5. The average Bonchev–Trinajstić information content (AvgIpc) is 2.85. The van der Waals surface area contributed by atoms with Crippen LogP contribution >= 0.6 is 11.6 Å². The maximum absolute atomic E-state index is 13.5. The highest BCUT2D eigenvalue weighted by Gasteiger charge is 2.36. The van der Waals surface area contributed by atoms with Gasteiger partial charge in [0, 0.05) is 36.3 Å². The number of ether oxygens (including phenoxy) is 2. The summed E-state index contributed by atoms with van der Waals surface area (Å²) in [6.07, 6.45) is 3.54. The molecular formula is C28H36ClN3O5. The molecule has 0 spiro atoms. The van der Waals surface area contributed by atoms with Crippen molar-refractivity contribution < 1.29 is 23.9 Å². The molecule has 1 aromatic heterocycles. The molecule has 2 heterocycles. The molecule has 0 bridgehead atoms. The molecule has 0 radical (unpaired) electrons. The first-order chi connectivity index (χ1) is 17.4. The molecule has 0 saturated carbocycles. The van der Waals surface area contributed by atoms with E-state index in [0.717, 1.165) is 47.3 Å². The monoisotopic (exact) mass is 529 g/mol. The number of carbonyl (C=O) groups is 3. The van der Waals surface area contributed by atoms with Gasteiger partial charge in [-0.3, -0.25) is 19.5 Å². The smallest absolute Gasteiger partial charge is 0.410 e. The molecule has 4 rings (SSSR count). The summed E-state index contributed by atoms with van der Waals surface area (Å²) >= 11 is 6.71. The second kappa shape index (κ2) is 10.9. The lowest BCUT2D eigenvalue weighted by Gasteiger charge is -2.41. The van der Waals surface area contributed by atoms with E-state index in [1.165, 1.54) is 0 Å². The summed E-state index contributed by atoms with van der Waals surface area (Å²) in [5.41, 5.74) is 2.70. The maximum atomic E-state index is 13.5. The zero-order chi connectivity index (χ0) is 26.9. The van der Waals surface area contributed by atoms with E-state index in [1.54, 1.807) is 56.6 Å². The van der Waals surface area contributed by atoms with Crippen LogP contribution in [0.4, 0.5) is 4.79 Å². The van der Waals surface area contributed by atoms with Crippen molar-refractivity contribution in [1.29, 1.82) is 0 Å². The number of hydrogen-bond donors (Lipinski definition) is 0. The number of nitrogens with zero attached hydrogens (tertiary/aromatic N) is 3. The van der Waals surface area contributed by atoms with E-state index in [4.69, 9.17) is 26.1 Å². The number of piperazine rings is 1. The molecule has 37 heavy (non-hydrogen) atoms. The Hall–Kier alpha value is -2.87. The molecule has 1 aromatic carbocycles. The minimum absolute atomic E-state index is 0.0128. The van der Waals surface area contributed by atoms with Crippen LogP contribution in [-0.2, 0) is 27.1 Å². The Labute approximate surface area is 223 Å². The van der Waals surface area contributed by atoms with Crippen molar-refractivity contribution in [2.45, 2.75) is 71.9 Å². The van der Waals surface area contributed by atoms with E-state index in [9.17, 15) is 14.4 Å². The topological polar surface area (TPSA) is 89.0 Å². The van der Waals surface area contributed by atoms with Crippen LogP contribution in [0.1, 0.15) is 69.1 Å². The van der Waals surface area contributed by atoms with E-state index in [2.05, 4.69) is 0 Å². The highest BCUT2D eigenvalue weighted by Crippen LogP contribution is 2.33. The van der Waals surface area contributed by atoms with Gasteiger partial charge in [0.05, 0.1) is 22.5 Å². The number of hydrogen-bond acceptors (Lipinski definition) is 6. The molecule has 200 valence electrons. The first kappa shape index (κ1) is 27.2. The van der Waals surface area contributed by atoms with Gasteiger partial charge >= 0.3 is 12.1 Å². The summed E-state index contributed by atoms with van der Waals surface area (Å²) in [4.78, 5) is 46.6. The molecule has 8 nitrogen and oxygen atoms in total. The minimum atomic E-state index is -0.665. The third-order valence-corrected chi connectivity index (χ3v) is 7.16. The van der Waals surface area contributed by atoms with Crippen LogP contribution in [0, 0.1) is 5.92 Å². The third-order valence-electron chi connectivity index (χ3n) is 6.73. The van der Waals surface area contributed by atoms with Gasteiger partial charge in [0.1, 0.15) is 12.2 Å². The number of carbonyl (C=O) groups excluding carboxylic acids is 3. The van der Waals surface area contributed by atoms with Crippen molar-refractivity contribution in [1.82, 2.24) is 14.8 Å². The number of rotatable bonds is 4. The fourth-order valence-electron chi connectivity index (χ4n) is 4.77. The van der Waals surface area contributed by atoms with E-state index >= 15 is 0 Å². The fraction of sp³-hybridized carbons (Fsp3) is 0.571. The van der Waals surface area contributed by atoms with Crippen LogP contribution < -0.4 is 0 Å². The molecule has 1 fully saturated rings. The average molecular weight is 530 g/mol. The van der Waals surface area contributed by atoms with Crippen molar-refractivity contribution in [2.75, 3.05) is 26.2 Å². The lowest BCUT2D eigenvalue weighted by molar-refractivity contribution is -0.149. The molecule has 0 N–H and O–H groups in total. The summed E-state index contributed by atoms with van der Waals surface area (Å²) in [5, 5.41) is 1.59. The van der Waals surface area contributed by atoms with Gasteiger partial charge in [-0.1, -0.05) is 31.5 Å². The van der Waals surface area contributed by atoms with Gasteiger partial charge < -0.3 is 14.4 Å². The van der Waals surface area contributed by atoms with Crippen molar-refractivity contribution in [3.05, 3.63) is 40.0 Å². The summed E-state index contributed by atoms with van der Waals surface area (Å²) in [6, 6.07) is 4.93. The zero-order valence-corrected chi connectivity index (χ0v) is 23.1. The largest absolute Gasteiger partial charge is 0.463 e. The van der Waals surface area contributed by atoms with E-state index in [-0.39, 0.29) is 37.5 Å². The van der Waals surface area contributed by atoms with Gasteiger partial charge in [0.2, 0.25) is 0 Å². The number of pyridine rings is 1. The van der Waals surface area contributed by atoms with Crippen molar-refractivity contribution in [3.8, 4) is 0 Å². The van der Waals surface area contributed by atoms with Crippen LogP contribution in [0.2, 0.25) is 5.02 Å². The summed E-state index contributed by atoms with van der Waals surface area (Å²) in [6.45, 7) is 9.73. The van der Waals surface area contributed by atoms with Gasteiger partial charge in [-0.05, 0) is 64.2 Å². The Morgan fingerprint density at radius 1 is 1.14 bits per heavy atom. The second-order valence-corrected chi connectivity index (χ2v) is 11.5. The predicted octanol–water partition coefficient (Wildman–Crippen LogP) is 5.03. The van der Waals surface area contributed by atoms with Gasteiger partial charge in [-0.25, -0.2) is 4.79 Å². The van der Waals surface area contributed by atoms with Crippen molar-refractivity contribution in [3.63, 3.8) is 0 Å². The van der Waals surface area contributed by atoms with Crippen LogP contribution in [0.15, 0.2) is 18.2 Å². The summed E-state index contributed by atoms with van der Waals surface area (Å²) in [5.74, 6) is -0.811. The first-order valence-corrected chi connectivity index (χ1v) is 13.4. The van der Waals surface area contributed by atoms with E-state index in [1.807, 2.05) is 6.07 Å². The number of halogens is 1. The molecule has 1 aliphatic heterocycles. The molecule has 1 atom stereocenters. The number of fused-ring (bicyclic) bond motifs is 2. The second-order valence-electron chi connectivity index (χ2n) is 11.2. The van der Waals surface area contributed by atoms with Gasteiger partial charge in [0.15, 0.2) is 0 Å². The molecule has 9 heteroatoms.